The number of benzene rings is 1. The molecule has 1 fully saturated rings. The van der Waals surface area contributed by atoms with Crippen molar-refractivity contribution in [2.24, 2.45) is 0 Å². The Morgan fingerprint density at radius 1 is 1.27 bits per heavy atom. The van der Waals surface area contributed by atoms with Crippen molar-refractivity contribution in [2.75, 3.05) is 11.4 Å². The number of carbonyl (C=O) groups excluding carboxylic acids is 1. The van der Waals surface area contributed by atoms with Crippen LogP contribution in [0.3, 0.4) is 0 Å². The van der Waals surface area contributed by atoms with Crippen molar-refractivity contribution in [3.8, 4) is 0 Å². The molecule has 22 heavy (non-hydrogen) atoms. The molecule has 1 aromatic carbocycles. The lowest BCUT2D eigenvalue weighted by atomic mass is 9.78. The minimum absolute atomic E-state index is 0.0536. The zero-order valence-electron chi connectivity index (χ0n) is 13.7. The van der Waals surface area contributed by atoms with Gasteiger partial charge in [-0.2, -0.15) is 0 Å². The predicted molar refractivity (Wildman–Crippen MR) is 88.4 cm³/mol. The second-order valence-corrected chi connectivity index (χ2v) is 6.92. The molecule has 116 valence electrons. The summed E-state index contributed by atoms with van der Waals surface area (Å²) in [5.41, 5.74) is 2.43. The van der Waals surface area contributed by atoms with Crippen LogP contribution < -0.4 is 10.4 Å². The number of fused-ring (bicyclic) bond motifs is 1. The molecule has 0 unspecified atom stereocenters. The molecule has 2 aliphatic heterocycles. The van der Waals surface area contributed by atoms with E-state index in [-0.39, 0.29) is 24.2 Å². The maximum Gasteiger partial charge on any atom is 0.494 e. The molecule has 0 spiro atoms. The van der Waals surface area contributed by atoms with Crippen molar-refractivity contribution in [3.05, 3.63) is 36.4 Å². The van der Waals surface area contributed by atoms with Crippen LogP contribution in [0.1, 0.15) is 33.3 Å². The van der Waals surface area contributed by atoms with Crippen LogP contribution in [-0.2, 0) is 20.5 Å². The van der Waals surface area contributed by atoms with Crippen molar-refractivity contribution in [2.45, 2.75) is 45.3 Å². The van der Waals surface area contributed by atoms with Crippen LogP contribution in [0.15, 0.2) is 30.9 Å². The van der Waals surface area contributed by atoms with E-state index < -0.39 is 0 Å². The Labute approximate surface area is 132 Å². The van der Waals surface area contributed by atoms with E-state index in [1.54, 1.807) is 4.90 Å². The fraction of sp³-hybridized carbons (Fsp3) is 0.471. The maximum absolute atomic E-state index is 11.8. The fourth-order valence-corrected chi connectivity index (χ4v) is 2.89. The van der Waals surface area contributed by atoms with Gasteiger partial charge in [0, 0.05) is 12.2 Å². The third kappa shape index (κ3) is 2.29. The largest absolute Gasteiger partial charge is 0.494 e. The molecule has 0 atom stereocenters. The Morgan fingerprint density at radius 2 is 1.91 bits per heavy atom. The standard InChI is InChI=1S/C17H22BNO3/c1-6-15(20)19-10-9-12-11-13(7-8-14(12)19)18-21-16(2,3)17(4,5)22-18/h6-8,11H,1,9-10H2,2-5H3. The summed E-state index contributed by atoms with van der Waals surface area (Å²) in [6.45, 7) is 12.4. The highest BCUT2D eigenvalue weighted by Gasteiger charge is 2.51. The van der Waals surface area contributed by atoms with Gasteiger partial charge in [-0.3, -0.25) is 4.79 Å². The van der Waals surface area contributed by atoms with Gasteiger partial charge >= 0.3 is 7.12 Å². The molecule has 1 saturated heterocycles. The molecular weight excluding hydrogens is 277 g/mol. The van der Waals surface area contributed by atoms with E-state index in [2.05, 4.69) is 12.6 Å². The number of rotatable bonds is 2. The summed E-state index contributed by atoms with van der Waals surface area (Å²) in [5.74, 6) is -0.0536. The van der Waals surface area contributed by atoms with E-state index in [0.717, 1.165) is 23.1 Å². The smallest absolute Gasteiger partial charge is 0.399 e. The molecule has 1 amide bonds. The zero-order chi connectivity index (χ0) is 16.1. The molecule has 0 radical (unpaired) electrons. The van der Waals surface area contributed by atoms with Crippen molar-refractivity contribution in [1.82, 2.24) is 0 Å². The topological polar surface area (TPSA) is 38.8 Å². The molecule has 4 nitrogen and oxygen atoms in total. The summed E-state index contributed by atoms with van der Waals surface area (Å²) >= 11 is 0. The number of hydrogen-bond donors (Lipinski definition) is 0. The Bertz CT molecular complexity index is 623. The molecular formula is C17H22BNO3. The first-order valence-corrected chi connectivity index (χ1v) is 7.67. The Kier molecular flexibility index (Phi) is 3.46. The molecule has 2 aliphatic rings. The molecule has 2 heterocycles. The number of hydrogen-bond acceptors (Lipinski definition) is 3. The van der Waals surface area contributed by atoms with Gasteiger partial charge in [-0.05, 0) is 57.3 Å². The second kappa shape index (κ2) is 4.96. The molecule has 0 aliphatic carbocycles. The summed E-state index contributed by atoms with van der Waals surface area (Å²) in [4.78, 5) is 13.6. The van der Waals surface area contributed by atoms with E-state index in [1.807, 2.05) is 39.8 Å². The third-order valence-corrected chi connectivity index (χ3v) is 4.97. The lowest BCUT2D eigenvalue weighted by Crippen LogP contribution is -2.41. The first-order valence-electron chi connectivity index (χ1n) is 7.67. The highest BCUT2D eigenvalue weighted by molar-refractivity contribution is 6.62. The molecule has 1 aromatic rings. The number of amides is 1. The van der Waals surface area contributed by atoms with Gasteiger partial charge in [0.2, 0.25) is 5.91 Å². The molecule has 5 heteroatoms. The zero-order valence-corrected chi connectivity index (χ0v) is 13.7. The summed E-state index contributed by atoms with van der Waals surface area (Å²) in [6.07, 6.45) is 2.21. The number of nitrogens with zero attached hydrogens (tertiary/aromatic N) is 1. The molecule has 0 saturated carbocycles. The summed E-state index contributed by atoms with van der Waals surface area (Å²) in [5, 5.41) is 0. The van der Waals surface area contributed by atoms with Crippen molar-refractivity contribution in [1.29, 1.82) is 0 Å². The number of anilines is 1. The Morgan fingerprint density at radius 3 is 2.50 bits per heavy atom. The highest BCUT2D eigenvalue weighted by Crippen LogP contribution is 2.37. The van der Waals surface area contributed by atoms with Gasteiger partial charge in [0.15, 0.2) is 0 Å². The van der Waals surface area contributed by atoms with Gasteiger partial charge in [-0.1, -0.05) is 18.7 Å². The van der Waals surface area contributed by atoms with Crippen LogP contribution in [0.25, 0.3) is 0 Å². The van der Waals surface area contributed by atoms with Gasteiger partial charge in [-0.15, -0.1) is 0 Å². The van der Waals surface area contributed by atoms with Gasteiger partial charge < -0.3 is 14.2 Å². The van der Waals surface area contributed by atoms with Crippen LogP contribution in [0, 0.1) is 0 Å². The van der Waals surface area contributed by atoms with Crippen LogP contribution >= 0.6 is 0 Å². The Hall–Kier alpha value is -1.59. The van der Waals surface area contributed by atoms with Crippen molar-refractivity contribution in [3.63, 3.8) is 0 Å². The Balaban J connectivity index is 1.88. The van der Waals surface area contributed by atoms with Crippen LogP contribution in [0.2, 0.25) is 0 Å². The summed E-state index contributed by atoms with van der Waals surface area (Å²) in [7, 11) is -0.362. The molecule has 3 rings (SSSR count). The van der Waals surface area contributed by atoms with Gasteiger partial charge in [0.25, 0.3) is 0 Å². The first kappa shape index (κ1) is 15.3. The minimum atomic E-state index is -0.362. The maximum atomic E-state index is 11.8. The highest BCUT2D eigenvalue weighted by atomic mass is 16.7. The van der Waals surface area contributed by atoms with Gasteiger partial charge in [-0.25, -0.2) is 0 Å². The second-order valence-electron chi connectivity index (χ2n) is 6.92. The minimum Gasteiger partial charge on any atom is -0.399 e. The van der Waals surface area contributed by atoms with E-state index in [1.165, 1.54) is 6.08 Å². The third-order valence-electron chi connectivity index (χ3n) is 4.97. The number of carbonyl (C=O) groups is 1. The first-order chi connectivity index (χ1) is 10.2. The van der Waals surface area contributed by atoms with Gasteiger partial charge in [0.05, 0.1) is 11.2 Å². The molecule has 0 N–H and O–H groups in total. The fourth-order valence-electron chi connectivity index (χ4n) is 2.89. The van der Waals surface area contributed by atoms with E-state index in [9.17, 15) is 4.79 Å². The van der Waals surface area contributed by atoms with Crippen LogP contribution in [-0.4, -0.2) is 30.8 Å². The molecule has 0 aromatic heterocycles. The lowest BCUT2D eigenvalue weighted by Gasteiger charge is -2.32. The average Bonchev–Trinajstić information content (AvgIpc) is 2.96. The predicted octanol–water partition coefficient (Wildman–Crippen LogP) is 2.06. The molecule has 0 bridgehead atoms. The van der Waals surface area contributed by atoms with E-state index in [4.69, 9.17) is 9.31 Å². The van der Waals surface area contributed by atoms with E-state index in [0.29, 0.717) is 6.54 Å². The van der Waals surface area contributed by atoms with Crippen molar-refractivity contribution >= 4 is 24.2 Å². The van der Waals surface area contributed by atoms with Crippen LogP contribution in [0.5, 0.6) is 0 Å². The quantitative estimate of drug-likeness (QED) is 0.620. The average molecular weight is 299 g/mol. The normalized spacial score (nSPS) is 21.8. The monoisotopic (exact) mass is 299 g/mol. The van der Waals surface area contributed by atoms with Crippen molar-refractivity contribution < 1.29 is 14.1 Å². The van der Waals surface area contributed by atoms with E-state index >= 15 is 0 Å². The lowest BCUT2D eigenvalue weighted by molar-refractivity contribution is -0.114. The summed E-state index contributed by atoms with van der Waals surface area (Å²) < 4.78 is 12.2. The van der Waals surface area contributed by atoms with Crippen LogP contribution in [0.4, 0.5) is 5.69 Å². The van der Waals surface area contributed by atoms with Gasteiger partial charge in [0.1, 0.15) is 0 Å². The summed E-state index contributed by atoms with van der Waals surface area (Å²) in [6, 6.07) is 6.05. The SMILES string of the molecule is C=CC(=O)N1CCc2cc(B3OC(C)(C)C(C)(C)O3)ccc21.